The molecule has 2 atom stereocenters. The molecule has 1 N–H and O–H groups in total. The quantitative estimate of drug-likeness (QED) is 0.835. The molecule has 0 bridgehead atoms. The number of aliphatic hydroxyl groups is 1. The van der Waals surface area contributed by atoms with Crippen molar-refractivity contribution in [3.63, 3.8) is 0 Å². The molecule has 0 radical (unpaired) electrons. The summed E-state index contributed by atoms with van der Waals surface area (Å²) < 4.78 is 0. The lowest BCUT2D eigenvalue weighted by molar-refractivity contribution is 0.0857. The highest BCUT2D eigenvalue weighted by Gasteiger charge is 2.22. The first kappa shape index (κ1) is 13.6. The van der Waals surface area contributed by atoms with Crippen LogP contribution >= 0.6 is 0 Å². The summed E-state index contributed by atoms with van der Waals surface area (Å²) in [5, 5.41) is 10.3. The summed E-state index contributed by atoms with van der Waals surface area (Å²) in [6.45, 7) is 4.29. The number of rotatable bonds is 6. The Hall–Kier alpha value is -0.860. The van der Waals surface area contributed by atoms with Crippen molar-refractivity contribution < 1.29 is 5.11 Å². The molecule has 2 rings (SSSR count). The molecule has 2 unspecified atom stereocenters. The van der Waals surface area contributed by atoms with Crippen LogP contribution in [-0.2, 0) is 0 Å². The largest absolute Gasteiger partial charge is 0.388 e. The first-order valence-electron chi connectivity index (χ1n) is 7.08. The van der Waals surface area contributed by atoms with Gasteiger partial charge in [0, 0.05) is 13.1 Å². The molecule has 1 aliphatic carbocycles. The lowest BCUT2D eigenvalue weighted by atomic mass is 9.85. The molecule has 0 amide bonds. The zero-order chi connectivity index (χ0) is 13.0. The molecule has 1 aromatic rings. The maximum Gasteiger partial charge on any atom is 0.0827 e. The van der Waals surface area contributed by atoms with E-state index in [4.69, 9.17) is 0 Å². The fraction of sp³-hybridized carbons (Fsp3) is 0.625. The molecule has 0 aliphatic heterocycles. The van der Waals surface area contributed by atoms with Crippen molar-refractivity contribution in [3.8, 4) is 0 Å². The highest BCUT2D eigenvalue weighted by atomic mass is 16.3. The summed E-state index contributed by atoms with van der Waals surface area (Å²) in [5.74, 6) is 1.17. The van der Waals surface area contributed by atoms with Gasteiger partial charge < -0.3 is 10.0 Å². The predicted octanol–water partition coefficient (Wildman–Crippen LogP) is 3.09. The average Bonchev–Trinajstić information content (AvgIpc) is 2.34. The van der Waals surface area contributed by atoms with Crippen LogP contribution in [0.2, 0.25) is 0 Å². The van der Waals surface area contributed by atoms with Gasteiger partial charge >= 0.3 is 0 Å². The van der Waals surface area contributed by atoms with Gasteiger partial charge in [-0.15, -0.1) is 0 Å². The Morgan fingerprint density at radius 2 is 1.94 bits per heavy atom. The van der Waals surface area contributed by atoms with Crippen LogP contribution in [0.15, 0.2) is 30.3 Å². The van der Waals surface area contributed by atoms with E-state index in [1.54, 1.807) is 0 Å². The van der Waals surface area contributed by atoms with E-state index in [0.717, 1.165) is 18.0 Å². The Balaban J connectivity index is 1.81. The summed E-state index contributed by atoms with van der Waals surface area (Å²) in [4.78, 5) is 2.38. The van der Waals surface area contributed by atoms with Crippen molar-refractivity contribution in [1.82, 2.24) is 4.90 Å². The summed E-state index contributed by atoms with van der Waals surface area (Å²) in [6.07, 6.45) is 3.83. The van der Waals surface area contributed by atoms with Gasteiger partial charge in [0.2, 0.25) is 0 Å². The van der Waals surface area contributed by atoms with E-state index in [1.807, 2.05) is 30.3 Å². The van der Waals surface area contributed by atoms with Crippen molar-refractivity contribution in [2.45, 2.75) is 32.3 Å². The topological polar surface area (TPSA) is 23.5 Å². The molecule has 1 saturated carbocycles. The molecule has 0 heterocycles. The second kappa shape index (κ2) is 6.35. The van der Waals surface area contributed by atoms with Gasteiger partial charge in [-0.05, 0) is 37.3 Å². The Bertz CT molecular complexity index is 347. The highest BCUT2D eigenvalue weighted by Crippen LogP contribution is 2.28. The first-order chi connectivity index (χ1) is 8.66. The molecule has 1 aliphatic rings. The third-order valence-electron chi connectivity index (χ3n) is 4.07. The summed E-state index contributed by atoms with van der Waals surface area (Å²) in [5.41, 5.74) is 1.03. The van der Waals surface area contributed by atoms with Crippen LogP contribution in [0.4, 0.5) is 0 Å². The fourth-order valence-electron chi connectivity index (χ4n) is 2.76. The van der Waals surface area contributed by atoms with E-state index < -0.39 is 0 Å². The van der Waals surface area contributed by atoms with Gasteiger partial charge in [-0.3, -0.25) is 0 Å². The number of nitrogens with zero attached hydrogens (tertiary/aromatic N) is 1. The van der Waals surface area contributed by atoms with Crippen LogP contribution in [0, 0.1) is 11.8 Å². The zero-order valence-corrected chi connectivity index (χ0v) is 11.5. The Morgan fingerprint density at radius 1 is 1.28 bits per heavy atom. The van der Waals surface area contributed by atoms with Gasteiger partial charge in [-0.1, -0.05) is 43.7 Å². The minimum Gasteiger partial charge on any atom is -0.388 e. The molecular formula is C16H25NO. The Kier molecular flexibility index (Phi) is 4.79. The molecule has 1 fully saturated rings. The van der Waals surface area contributed by atoms with E-state index >= 15 is 0 Å². The standard InChI is InChI=1S/C16H25NO/c1-13(11-17(2)12-14-7-6-8-14)16(18)15-9-4-3-5-10-15/h3-5,9-10,13-14,16,18H,6-8,11-12H2,1-2H3. The van der Waals surface area contributed by atoms with Gasteiger partial charge in [-0.2, -0.15) is 0 Å². The summed E-state index contributed by atoms with van der Waals surface area (Å²) in [7, 11) is 2.17. The lowest BCUT2D eigenvalue weighted by Crippen LogP contribution is -2.34. The van der Waals surface area contributed by atoms with E-state index in [1.165, 1.54) is 25.8 Å². The Morgan fingerprint density at radius 3 is 2.50 bits per heavy atom. The Labute approximate surface area is 111 Å². The van der Waals surface area contributed by atoms with Crippen LogP contribution in [0.3, 0.4) is 0 Å². The normalized spacial score (nSPS) is 19.6. The van der Waals surface area contributed by atoms with Crippen molar-refractivity contribution >= 4 is 0 Å². The van der Waals surface area contributed by atoms with Crippen LogP contribution < -0.4 is 0 Å². The van der Waals surface area contributed by atoms with E-state index in [9.17, 15) is 5.11 Å². The second-order valence-electron chi connectivity index (χ2n) is 5.85. The van der Waals surface area contributed by atoms with E-state index in [-0.39, 0.29) is 12.0 Å². The molecule has 100 valence electrons. The smallest absolute Gasteiger partial charge is 0.0827 e. The maximum absolute atomic E-state index is 10.3. The van der Waals surface area contributed by atoms with Crippen molar-refractivity contribution in [3.05, 3.63) is 35.9 Å². The summed E-state index contributed by atoms with van der Waals surface area (Å²) in [6, 6.07) is 9.98. The minimum absolute atomic E-state index is 0.275. The van der Waals surface area contributed by atoms with Gasteiger partial charge in [0.25, 0.3) is 0 Å². The molecule has 2 heteroatoms. The molecule has 18 heavy (non-hydrogen) atoms. The molecular weight excluding hydrogens is 222 g/mol. The fourth-order valence-corrected chi connectivity index (χ4v) is 2.76. The van der Waals surface area contributed by atoms with Gasteiger partial charge in [0.15, 0.2) is 0 Å². The van der Waals surface area contributed by atoms with Crippen LogP contribution in [0.1, 0.15) is 37.9 Å². The molecule has 0 spiro atoms. The summed E-state index contributed by atoms with van der Waals surface area (Å²) >= 11 is 0. The van der Waals surface area contributed by atoms with Crippen LogP contribution in [-0.4, -0.2) is 30.1 Å². The molecule has 1 aromatic carbocycles. The van der Waals surface area contributed by atoms with E-state index in [2.05, 4.69) is 18.9 Å². The molecule has 0 aromatic heterocycles. The van der Waals surface area contributed by atoms with Gasteiger partial charge in [0.1, 0.15) is 0 Å². The average molecular weight is 247 g/mol. The van der Waals surface area contributed by atoms with Crippen LogP contribution in [0.25, 0.3) is 0 Å². The van der Waals surface area contributed by atoms with Gasteiger partial charge in [-0.25, -0.2) is 0 Å². The zero-order valence-electron chi connectivity index (χ0n) is 11.5. The third-order valence-corrected chi connectivity index (χ3v) is 4.07. The molecule has 2 nitrogen and oxygen atoms in total. The maximum atomic E-state index is 10.3. The van der Waals surface area contributed by atoms with Crippen molar-refractivity contribution in [2.75, 3.05) is 20.1 Å². The monoisotopic (exact) mass is 247 g/mol. The number of aliphatic hydroxyl groups excluding tert-OH is 1. The highest BCUT2D eigenvalue weighted by molar-refractivity contribution is 5.17. The van der Waals surface area contributed by atoms with E-state index in [0.29, 0.717) is 0 Å². The van der Waals surface area contributed by atoms with Crippen molar-refractivity contribution in [2.24, 2.45) is 11.8 Å². The third kappa shape index (κ3) is 3.56. The molecule has 0 saturated heterocycles. The number of hydrogen-bond acceptors (Lipinski definition) is 2. The van der Waals surface area contributed by atoms with Crippen LogP contribution in [0.5, 0.6) is 0 Å². The van der Waals surface area contributed by atoms with Crippen molar-refractivity contribution in [1.29, 1.82) is 0 Å². The van der Waals surface area contributed by atoms with Gasteiger partial charge in [0.05, 0.1) is 6.10 Å². The minimum atomic E-state index is -0.352. The number of hydrogen-bond donors (Lipinski definition) is 1. The second-order valence-corrected chi connectivity index (χ2v) is 5.85. The SMILES string of the molecule is CC(CN(C)CC1CCC1)C(O)c1ccccc1. The number of benzene rings is 1. The predicted molar refractivity (Wildman–Crippen MR) is 75.4 cm³/mol. The lowest BCUT2D eigenvalue weighted by Gasteiger charge is -2.32. The first-order valence-corrected chi connectivity index (χ1v) is 7.08.